The van der Waals surface area contributed by atoms with Gasteiger partial charge in [0.05, 0.1) is 6.04 Å². The van der Waals surface area contributed by atoms with Crippen LogP contribution in [0.3, 0.4) is 0 Å². The third kappa shape index (κ3) is 4.35. The van der Waals surface area contributed by atoms with Gasteiger partial charge < -0.3 is 26.2 Å². The smallest absolute Gasteiger partial charge is 0.451 e. The molecule has 26 heavy (non-hydrogen) atoms. The minimum atomic E-state index is -4.06. The molecule has 0 aromatic rings. The van der Waals surface area contributed by atoms with Crippen LogP contribution in [-0.2, 0) is 15.0 Å². The van der Waals surface area contributed by atoms with E-state index in [4.69, 9.17) is 15.8 Å². The summed E-state index contributed by atoms with van der Waals surface area (Å²) in [6.07, 6.45) is 0.574. The Morgan fingerprint density at radius 1 is 1.42 bits per heavy atom. The number of carbonyl (C=O) groups is 1. The molecule has 0 bridgehead atoms. The third-order valence-electron chi connectivity index (χ3n) is 5.10. The number of nitrogens with one attached hydrogen (secondary N) is 1. The first-order valence-corrected chi connectivity index (χ1v) is 9.94. The molecule has 10 nitrogen and oxygen atoms in total. The summed E-state index contributed by atoms with van der Waals surface area (Å²) in [5, 5.41) is 30.3. The highest BCUT2D eigenvalue weighted by Crippen LogP contribution is 2.33. The van der Waals surface area contributed by atoms with E-state index in [-0.39, 0.29) is 31.9 Å². The number of nitrogens with two attached hydrogens (primary N) is 1. The molecule has 0 aliphatic carbocycles. The number of hydrogen-bond acceptors (Lipinski definition) is 7. The van der Waals surface area contributed by atoms with E-state index in [0.29, 0.717) is 19.5 Å². The lowest BCUT2D eigenvalue weighted by Gasteiger charge is -2.38. The van der Waals surface area contributed by atoms with Crippen LogP contribution in [0.5, 0.6) is 0 Å². The predicted octanol–water partition coefficient (Wildman–Crippen LogP) is -2.56. The lowest BCUT2D eigenvalue weighted by Crippen LogP contribution is -2.62. The number of alkyl halides is 1. The highest BCUT2D eigenvalue weighted by Gasteiger charge is 2.53. The summed E-state index contributed by atoms with van der Waals surface area (Å²) < 4.78 is 40.8. The van der Waals surface area contributed by atoms with E-state index in [2.05, 4.69) is 5.32 Å². The second-order valence-electron chi connectivity index (χ2n) is 6.87. The van der Waals surface area contributed by atoms with Crippen LogP contribution in [0.1, 0.15) is 12.8 Å². The molecule has 0 amide bonds. The van der Waals surface area contributed by atoms with Crippen LogP contribution < -0.4 is 11.1 Å². The molecule has 0 aromatic carbocycles. The highest BCUT2D eigenvalue weighted by atomic mass is 32.2. The molecular weight excluding hydrogens is 370 g/mol. The fourth-order valence-corrected chi connectivity index (χ4v) is 5.27. The van der Waals surface area contributed by atoms with Crippen molar-refractivity contribution in [1.29, 1.82) is 0 Å². The van der Waals surface area contributed by atoms with Crippen molar-refractivity contribution in [2.75, 3.05) is 39.4 Å². The van der Waals surface area contributed by atoms with E-state index in [9.17, 15) is 22.7 Å². The Bertz CT molecular complexity index is 607. The molecule has 0 saturated carbocycles. The monoisotopic (exact) mass is 396 g/mol. The van der Waals surface area contributed by atoms with Crippen molar-refractivity contribution in [3.8, 4) is 0 Å². The predicted molar refractivity (Wildman–Crippen MR) is 92.1 cm³/mol. The zero-order chi connectivity index (χ0) is 19.5. The van der Waals surface area contributed by atoms with Gasteiger partial charge in [0.1, 0.15) is 12.2 Å². The van der Waals surface area contributed by atoms with Crippen molar-refractivity contribution < 1.29 is 32.8 Å². The standard InChI is InChI=1S/C13H26BFN4O6S/c15-4-5-19(11-6-17-7-11)26(24,25)18-8-10(2-1-3-14(22)23)13(16,9-18)12(20)21/h10-11,17,22-23H,1-9,16H2,(H,20,21)/t10-,13-/m0/s1. The van der Waals surface area contributed by atoms with Gasteiger partial charge in [-0.25, -0.2) is 4.39 Å². The highest BCUT2D eigenvalue weighted by molar-refractivity contribution is 7.86. The Hall–Kier alpha value is -0.825. The van der Waals surface area contributed by atoms with Crippen molar-refractivity contribution in [1.82, 2.24) is 13.9 Å². The van der Waals surface area contributed by atoms with E-state index in [0.717, 1.165) is 8.61 Å². The number of aliphatic carboxylic acids is 1. The Balaban J connectivity index is 2.16. The van der Waals surface area contributed by atoms with Gasteiger partial charge >= 0.3 is 13.1 Å². The fraction of sp³-hybridized carbons (Fsp3) is 0.923. The molecule has 2 atom stereocenters. The molecule has 13 heteroatoms. The van der Waals surface area contributed by atoms with E-state index >= 15 is 0 Å². The molecule has 2 rings (SSSR count). The molecule has 6 N–H and O–H groups in total. The number of nitrogens with zero attached hydrogens (tertiary/aromatic N) is 2. The Morgan fingerprint density at radius 3 is 2.54 bits per heavy atom. The van der Waals surface area contributed by atoms with Crippen LogP contribution in [0, 0.1) is 5.92 Å². The first kappa shape index (κ1) is 21.5. The Labute approximate surface area is 152 Å². The van der Waals surface area contributed by atoms with Gasteiger partial charge in [0.25, 0.3) is 10.2 Å². The van der Waals surface area contributed by atoms with Crippen molar-refractivity contribution in [3.05, 3.63) is 0 Å². The van der Waals surface area contributed by atoms with Gasteiger partial charge in [0.15, 0.2) is 0 Å². The molecule has 2 aliphatic heterocycles. The van der Waals surface area contributed by atoms with Gasteiger partial charge in [0.2, 0.25) is 0 Å². The topological polar surface area (TPSA) is 156 Å². The summed E-state index contributed by atoms with van der Waals surface area (Å²) in [4.78, 5) is 11.7. The van der Waals surface area contributed by atoms with Gasteiger partial charge in [-0.15, -0.1) is 0 Å². The Kier molecular flexibility index (Phi) is 6.99. The number of carboxylic acids is 1. The molecule has 150 valence electrons. The second-order valence-corrected chi connectivity index (χ2v) is 8.75. The summed E-state index contributed by atoms with van der Waals surface area (Å²) in [6.45, 7) is -0.810. The summed E-state index contributed by atoms with van der Waals surface area (Å²) in [6, 6.07) is -0.365. The van der Waals surface area contributed by atoms with Crippen molar-refractivity contribution in [3.63, 3.8) is 0 Å². The van der Waals surface area contributed by atoms with Crippen LogP contribution in [-0.4, -0.2) is 96.2 Å². The third-order valence-corrected chi connectivity index (χ3v) is 7.10. The average molecular weight is 396 g/mol. The van der Waals surface area contributed by atoms with E-state index in [1.165, 1.54) is 0 Å². The molecular formula is C13H26BFN4O6S. The first-order valence-electron chi connectivity index (χ1n) is 8.55. The van der Waals surface area contributed by atoms with E-state index < -0.39 is 48.0 Å². The van der Waals surface area contributed by atoms with Gasteiger partial charge in [-0.05, 0) is 12.7 Å². The summed E-state index contributed by atoms with van der Waals surface area (Å²) >= 11 is 0. The van der Waals surface area contributed by atoms with Crippen molar-refractivity contribution in [2.45, 2.75) is 30.7 Å². The lowest BCUT2D eigenvalue weighted by atomic mass is 9.78. The van der Waals surface area contributed by atoms with Gasteiger partial charge in [-0.2, -0.15) is 17.0 Å². The zero-order valence-electron chi connectivity index (χ0n) is 14.4. The molecule has 2 saturated heterocycles. The molecule has 0 spiro atoms. The zero-order valence-corrected chi connectivity index (χ0v) is 15.2. The summed E-state index contributed by atoms with van der Waals surface area (Å²) in [7, 11) is -5.57. The lowest BCUT2D eigenvalue weighted by molar-refractivity contribution is -0.144. The number of hydrogen-bond donors (Lipinski definition) is 5. The van der Waals surface area contributed by atoms with Crippen LogP contribution in [0.25, 0.3) is 0 Å². The minimum Gasteiger partial charge on any atom is -0.480 e. The summed E-state index contributed by atoms with van der Waals surface area (Å²) in [5.41, 5.74) is 4.24. The number of rotatable bonds is 10. The normalized spacial score (nSPS) is 27.7. The fourth-order valence-electron chi connectivity index (χ4n) is 3.40. The molecule has 0 aromatic heterocycles. The largest absolute Gasteiger partial charge is 0.480 e. The quantitative estimate of drug-likeness (QED) is 0.253. The minimum absolute atomic E-state index is 0.0423. The molecule has 0 unspecified atom stereocenters. The van der Waals surface area contributed by atoms with Crippen LogP contribution in [0.4, 0.5) is 4.39 Å². The SMILES string of the molecule is N[C@@]1(C(=O)O)CN(S(=O)(=O)N(CCF)C2CNC2)C[C@@H]1CCCB(O)O. The first-order chi connectivity index (χ1) is 12.1. The maximum atomic E-state index is 12.9. The van der Waals surface area contributed by atoms with Crippen molar-refractivity contribution >= 4 is 23.3 Å². The number of carboxylic acid groups (broad SMARTS) is 1. The van der Waals surface area contributed by atoms with Crippen LogP contribution in [0.2, 0.25) is 6.32 Å². The van der Waals surface area contributed by atoms with Gasteiger partial charge in [-0.1, -0.05) is 6.42 Å². The molecule has 2 aliphatic rings. The van der Waals surface area contributed by atoms with E-state index in [1.807, 2.05) is 0 Å². The van der Waals surface area contributed by atoms with Crippen molar-refractivity contribution in [2.24, 2.45) is 11.7 Å². The van der Waals surface area contributed by atoms with Gasteiger partial charge in [-0.3, -0.25) is 4.79 Å². The molecule has 0 radical (unpaired) electrons. The van der Waals surface area contributed by atoms with Gasteiger partial charge in [0, 0.05) is 38.6 Å². The second kappa shape index (κ2) is 8.46. The molecule has 2 fully saturated rings. The summed E-state index contributed by atoms with van der Waals surface area (Å²) in [5.74, 6) is -1.99. The van der Waals surface area contributed by atoms with Crippen LogP contribution in [0.15, 0.2) is 0 Å². The van der Waals surface area contributed by atoms with Crippen LogP contribution >= 0.6 is 0 Å². The van der Waals surface area contributed by atoms with E-state index in [1.54, 1.807) is 0 Å². The average Bonchev–Trinajstić information content (AvgIpc) is 2.84. The number of halogens is 1. The maximum Gasteiger partial charge on any atom is 0.451 e. The molecule has 2 heterocycles. The Morgan fingerprint density at radius 2 is 2.08 bits per heavy atom. The maximum absolute atomic E-state index is 12.9.